The normalized spacial score (nSPS) is 25.4. The molecule has 0 aromatic rings. The van der Waals surface area contributed by atoms with Crippen LogP contribution >= 0.6 is 0 Å². The molecule has 1 heterocycles. The average Bonchev–Trinajstić information content (AvgIpc) is 2.60. The Hall–Kier alpha value is -0.160. The van der Waals surface area contributed by atoms with Crippen LogP contribution in [0, 0.1) is 0 Å². The third kappa shape index (κ3) is 5.68. The Kier molecular flexibility index (Phi) is 8.03. The fourth-order valence-electron chi connectivity index (χ4n) is 3.30. The molecule has 0 aliphatic carbocycles. The van der Waals surface area contributed by atoms with Gasteiger partial charge in [0.2, 0.25) is 0 Å². The smallest absolute Gasteiger partial charge is 0.0610 e. The summed E-state index contributed by atoms with van der Waals surface area (Å²) >= 11 is 0. The molecule has 0 spiro atoms. The van der Waals surface area contributed by atoms with Gasteiger partial charge in [-0.1, -0.05) is 13.8 Å². The van der Waals surface area contributed by atoms with Crippen LogP contribution in [-0.2, 0) is 0 Å². The first kappa shape index (κ1) is 17.9. The SMILES string of the molecule is CCNC(C)(CO)CCCN1CCCN(C)CC1CC. The summed E-state index contributed by atoms with van der Waals surface area (Å²) in [6, 6.07) is 0.696. The first-order valence-corrected chi connectivity index (χ1v) is 8.33. The first-order valence-electron chi connectivity index (χ1n) is 8.33. The van der Waals surface area contributed by atoms with E-state index in [2.05, 4.69) is 42.9 Å². The van der Waals surface area contributed by atoms with E-state index in [4.69, 9.17) is 0 Å². The van der Waals surface area contributed by atoms with Gasteiger partial charge in [0.25, 0.3) is 0 Å². The molecule has 1 saturated heterocycles. The highest BCUT2D eigenvalue weighted by atomic mass is 16.3. The molecule has 0 bridgehead atoms. The molecule has 0 saturated carbocycles. The maximum atomic E-state index is 9.55. The molecular formula is C16H35N3O. The molecule has 4 heteroatoms. The van der Waals surface area contributed by atoms with Gasteiger partial charge in [0.15, 0.2) is 0 Å². The third-order valence-corrected chi connectivity index (χ3v) is 4.62. The Balaban J connectivity index is 2.42. The number of likely N-dealkylation sites (N-methyl/N-ethyl adjacent to an activating group) is 2. The molecule has 2 atom stereocenters. The summed E-state index contributed by atoms with van der Waals surface area (Å²) in [4.78, 5) is 5.12. The summed E-state index contributed by atoms with van der Waals surface area (Å²) in [5.74, 6) is 0. The van der Waals surface area contributed by atoms with Crippen molar-refractivity contribution in [2.75, 3.05) is 46.4 Å². The lowest BCUT2D eigenvalue weighted by Crippen LogP contribution is -2.46. The second-order valence-electron chi connectivity index (χ2n) is 6.57. The lowest BCUT2D eigenvalue weighted by Gasteiger charge is -2.33. The molecule has 1 rings (SSSR count). The van der Waals surface area contributed by atoms with E-state index in [0.29, 0.717) is 6.04 Å². The zero-order chi connectivity index (χ0) is 15.0. The number of hydrogen-bond acceptors (Lipinski definition) is 4. The number of aliphatic hydroxyl groups is 1. The zero-order valence-corrected chi connectivity index (χ0v) is 14.0. The molecular weight excluding hydrogens is 250 g/mol. The predicted molar refractivity (Wildman–Crippen MR) is 86.2 cm³/mol. The summed E-state index contributed by atoms with van der Waals surface area (Å²) < 4.78 is 0. The minimum absolute atomic E-state index is 0.112. The second-order valence-corrected chi connectivity index (χ2v) is 6.57. The Morgan fingerprint density at radius 3 is 2.65 bits per heavy atom. The van der Waals surface area contributed by atoms with Crippen LogP contribution in [0.1, 0.15) is 46.5 Å². The zero-order valence-electron chi connectivity index (χ0n) is 14.0. The van der Waals surface area contributed by atoms with Gasteiger partial charge in [-0.2, -0.15) is 0 Å². The van der Waals surface area contributed by atoms with Crippen molar-refractivity contribution in [3.63, 3.8) is 0 Å². The van der Waals surface area contributed by atoms with Crippen molar-refractivity contribution in [1.82, 2.24) is 15.1 Å². The molecule has 2 N–H and O–H groups in total. The summed E-state index contributed by atoms with van der Waals surface area (Å²) in [6.45, 7) is 12.5. The van der Waals surface area contributed by atoms with Gasteiger partial charge in [-0.25, -0.2) is 0 Å². The van der Waals surface area contributed by atoms with Gasteiger partial charge in [0.05, 0.1) is 6.61 Å². The Bertz CT molecular complexity index is 262. The monoisotopic (exact) mass is 285 g/mol. The van der Waals surface area contributed by atoms with Crippen LogP contribution in [0.5, 0.6) is 0 Å². The van der Waals surface area contributed by atoms with Crippen LogP contribution in [0.25, 0.3) is 0 Å². The van der Waals surface area contributed by atoms with E-state index >= 15 is 0 Å². The molecule has 20 heavy (non-hydrogen) atoms. The maximum absolute atomic E-state index is 9.55. The van der Waals surface area contributed by atoms with Crippen LogP contribution in [0.2, 0.25) is 0 Å². The highest BCUT2D eigenvalue weighted by molar-refractivity contribution is 4.83. The maximum Gasteiger partial charge on any atom is 0.0610 e. The summed E-state index contributed by atoms with van der Waals surface area (Å²) in [5, 5.41) is 13.0. The van der Waals surface area contributed by atoms with Crippen molar-refractivity contribution in [2.45, 2.75) is 58.0 Å². The molecule has 0 aromatic carbocycles. The number of nitrogens with zero attached hydrogens (tertiary/aromatic N) is 2. The third-order valence-electron chi connectivity index (χ3n) is 4.62. The van der Waals surface area contributed by atoms with Crippen molar-refractivity contribution in [3.05, 3.63) is 0 Å². The molecule has 120 valence electrons. The number of rotatable bonds is 8. The fraction of sp³-hybridized carbons (Fsp3) is 1.00. The summed E-state index contributed by atoms with van der Waals surface area (Å²) in [6.07, 6.45) is 4.71. The van der Waals surface area contributed by atoms with Crippen LogP contribution in [-0.4, -0.2) is 72.9 Å². The summed E-state index contributed by atoms with van der Waals surface area (Å²) in [5.41, 5.74) is -0.112. The van der Waals surface area contributed by atoms with E-state index in [9.17, 15) is 5.11 Å². The fourth-order valence-corrected chi connectivity index (χ4v) is 3.30. The minimum atomic E-state index is -0.112. The van der Waals surface area contributed by atoms with Gasteiger partial charge in [-0.05, 0) is 65.8 Å². The standard InChI is InChI=1S/C16H35N3O/c1-5-15-13-18(4)10-8-12-19(15)11-7-9-16(3,14-20)17-6-2/h15,17,20H,5-14H2,1-4H3. The molecule has 0 amide bonds. The van der Waals surface area contributed by atoms with Gasteiger partial charge in [-0.3, -0.25) is 4.90 Å². The highest BCUT2D eigenvalue weighted by Crippen LogP contribution is 2.16. The van der Waals surface area contributed by atoms with Crippen LogP contribution in [0.3, 0.4) is 0 Å². The van der Waals surface area contributed by atoms with E-state index < -0.39 is 0 Å². The molecule has 0 radical (unpaired) electrons. The molecule has 1 aliphatic rings. The van der Waals surface area contributed by atoms with Gasteiger partial charge >= 0.3 is 0 Å². The van der Waals surface area contributed by atoms with Gasteiger partial charge in [-0.15, -0.1) is 0 Å². The van der Waals surface area contributed by atoms with E-state index in [1.807, 2.05) is 0 Å². The Morgan fingerprint density at radius 2 is 2.05 bits per heavy atom. The van der Waals surface area contributed by atoms with Crippen molar-refractivity contribution < 1.29 is 5.11 Å². The van der Waals surface area contributed by atoms with Crippen molar-refractivity contribution in [3.8, 4) is 0 Å². The van der Waals surface area contributed by atoms with E-state index in [0.717, 1.165) is 25.9 Å². The van der Waals surface area contributed by atoms with Crippen molar-refractivity contribution in [2.24, 2.45) is 0 Å². The van der Waals surface area contributed by atoms with Crippen LogP contribution in [0.4, 0.5) is 0 Å². The van der Waals surface area contributed by atoms with Crippen molar-refractivity contribution >= 4 is 0 Å². The molecule has 4 nitrogen and oxygen atoms in total. The number of aliphatic hydroxyl groups excluding tert-OH is 1. The second kappa shape index (κ2) is 8.98. The van der Waals surface area contributed by atoms with Crippen molar-refractivity contribution in [1.29, 1.82) is 0 Å². The average molecular weight is 285 g/mol. The molecule has 2 unspecified atom stereocenters. The molecule has 1 fully saturated rings. The van der Waals surface area contributed by atoms with Crippen LogP contribution < -0.4 is 5.32 Å². The van der Waals surface area contributed by atoms with Gasteiger partial charge < -0.3 is 15.3 Å². The molecule has 1 aliphatic heterocycles. The van der Waals surface area contributed by atoms with Crippen LogP contribution in [0.15, 0.2) is 0 Å². The van der Waals surface area contributed by atoms with E-state index in [1.54, 1.807) is 0 Å². The minimum Gasteiger partial charge on any atom is -0.394 e. The largest absolute Gasteiger partial charge is 0.394 e. The van der Waals surface area contributed by atoms with Gasteiger partial charge in [0.1, 0.15) is 0 Å². The lowest BCUT2D eigenvalue weighted by molar-refractivity contribution is 0.145. The lowest BCUT2D eigenvalue weighted by atomic mass is 9.96. The summed E-state index contributed by atoms with van der Waals surface area (Å²) in [7, 11) is 2.24. The highest BCUT2D eigenvalue weighted by Gasteiger charge is 2.24. The number of nitrogens with one attached hydrogen (secondary N) is 1. The first-order chi connectivity index (χ1) is 9.54. The predicted octanol–water partition coefficient (Wildman–Crippen LogP) is 1.54. The Labute approximate surface area is 125 Å². The molecule has 0 aromatic heterocycles. The van der Waals surface area contributed by atoms with E-state index in [1.165, 1.54) is 32.5 Å². The number of hydrogen-bond donors (Lipinski definition) is 2. The van der Waals surface area contributed by atoms with E-state index in [-0.39, 0.29) is 12.1 Å². The van der Waals surface area contributed by atoms with Gasteiger partial charge in [0, 0.05) is 18.1 Å². The topological polar surface area (TPSA) is 38.7 Å². The Morgan fingerprint density at radius 1 is 1.30 bits per heavy atom. The quantitative estimate of drug-likeness (QED) is 0.710.